The van der Waals surface area contributed by atoms with E-state index in [1.807, 2.05) is 19.6 Å². The Balaban J connectivity index is 1.51. The molecule has 0 N–H and O–H groups in total. The molecule has 0 aliphatic carbocycles. The van der Waals surface area contributed by atoms with E-state index in [9.17, 15) is 4.39 Å². The number of piperidine rings is 1. The predicted molar refractivity (Wildman–Crippen MR) is 83.1 cm³/mol. The van der Waals surface area contributed by atoms with Gasteiger partial charge in [-0.2, -0.15) is 0 Å². The molecule has 0 bridgehead atoms. The maximum atomic E-state index is 13.1. The van der Waals surface area contributed by atoms with E-state index in [2.05, 4.69) is 14.5 Å². The number of halogens is 1. The van der Waals surface area contributed by atoms with Crippen LogP contribution in [0, 0.1) is 11.7 Å². The van der Waals surface area contributed by atoms with Gasteiger partial charge in [0.05, 0.1) is 18.6 Å². The molecule has 1 aliphatic rings. The van der Waals surface area contributed by atoms with Crippen LogP contribution < -0.4 is 4.74 Å². The topological polar surface area (TPSA) is 30.3 Å². The molecule has 2 aromatic rings. The summed E-state index contributed by atoms with van der Waals surface area (Å²) in [6.07, 6.45) is 6.10. The van der Waals surface area contributed by atoms with Crippen molar-refractivity contribution in [1.29, 1.82) is 0 Å². The summed E-state index contributed by atoms with van der Waals surface area (Å²) in [5.41, 5.74) is 1.23. The van der Waals surface area contributed by atoms with Crippen LogP contribution in [0.1, 0.15) is 18.5 Å². The summed E-state index contributed by atoms with van der Waals surface area (Å²) >= 11 is 0. The molecule has 1 fully saturated rings. The van der Waals surface area contributed by atoms with Crippen molar-refractivity contribution in [3.8, 4) is 5.75 Å². The quantitative estimate of drug-likeness (QED) is 0.851. The highest BCUT2D eigenvalue weighted by atomic mass is 19.1. The van der Waals surface area contributed by atoms with Crippen LogP contribution in [0.25, 0.3) is 0 Å². The van der Waals surface area contributed by atoms with Gasteiger partial charge in [-0.3, -0.25) is 4.90 Å². The van der Waals surface area contributed by atoms with Gasteiger partial charge in [-0.25, -0.2) is 9.37 Å². The lowest BCUT2D eigenvalue weighted by Gasteiger charge is -2.32. The van der Waals surface area contributed by atoms with Crippen molar-refractivity contribution in [2.45, 2.75) is 19.4 Å². The zero-order valence-corrected chi connectivity index (χ0v) is 12.9. The van der Waals surface area contributed by atoms with Gasteiger partial charge < -0.3 is 9.30 Å². The van der Waals surface area contributed by atoms with Crippen molar-refractivity contribution >= 4 is 0 Å². The SMILES string of the molecule is Cn1cncc1CN1CCC[C@H](COc2cccc(F)c2)C1. The number of rotatable bonds is 5. The summed E-state index contributed by atoms with van der Waals surface area (Å²) in [5, 5.41) is 0. The van der Waals surface area contributed by atoms with Crippen LogP contribution in [0.5, 0.6) is 5.75 Å². The number of imidazole rings is 1. The van der Waals surface area contributed by atoms with Crippen molar-refractivity contribution < 1.29 is 9.13 Å². The van der Waals surface area contributed by atoms with Crippen LogP contribution in [-0.2, 0) is 13.6 Å². The second kappa shape index (κ2) is 6.92. The normalized spacial score (nSPS) is 19.3. The molecule has 0 spiro atoms. The zero-order valence-electron chi connectivity index (χ0n) is 12.9. The van der Waals surface area contributed by atoms with E-state index >= 15 is 0 Å². The average molecular weight is 303 g/mol. The highest BCUT2D eigenvalue weighted by molar-refractivity contribution is 5.22. The number of nitrogens with zero attached hydrogens (tertiary/aromatic N) is 3. The molecule has 1 atom stereocenters. The van der Waals surface area contributed by atoms with E-state index in [-0.39, 0.29) is 5.82 Å². The third-order valence-electron chi connectivity index (χ3n) is 4.19. The van der Waals surface area contributed by atoms with E-state index < -0.39 is 0 Å². The van der Waals surface area contributed by atoms with Crippen molar-refractivity contribution in [2.75, 3.05) is 19.7 Å². The number of benzene rings is 1. The molecular formula is C17H22FN3O. The minimum atomic E-state index is -0.251. The molecule has 0 amide bonds. The molecule has 5 heteroatoms. The largest absolute Gasteiger partial charge is 0.493 e. The third kappa shape index (κ3) is 3.85. The average Bonchev–Trinajstić information content (AvgIpc) is 2.91. The van der Waals surface area contributed by atoms with Crippen molar-refractivity contribution in [3.05, 3.63) is 48.3 Å². The fourth-order valence-corrected chi connectivity index (χ4v) is 2.97. The number of likely N-dealkylation sites (tertiary alicyclic amines) is 1. The Morgan fingerprint density at radius 1 is 1.41 bits per heavy atom. The highest BCUT2D eigenvalue weighted by Crippen LogP contribution is 2.20. The van der Waals surface area contributed by atoms with Gasteiger partial charge in [0.2, 0.25) is 0 Å². The lowest BCUT2D eigenvalue weighted by molar-refractivity contribution is 0.123. The third-order valence-corrected chi connectivity index (χ3v) is 4.19. The van der Waals surface area contributed by atoms with Gasteiger partial charge >= 0.3 is 0 Å². The first kappa shape index (κ1) is 15.0. The van der Waals surface area contributed by atoms with Crippen LogP contribution in [0.15, 0.2) is 36.8 Å². The maximum Gasteiger partial charge on any atom is 0.126 e. The highest BCUT2D eigenvalue weighted by Gasteiger charge is 2.21. The Bertz CT molecular complexity index is 613. The molecule has 0 radical (unpaired) electrons. The molecule has 118 valence electrons. The molecule has 1 saturated heterocycles. The molecule has 22 heavy (non-hydrogen) atoms. The van der Waals surface area contributed by atoms with E-state index in [1.54, 1.807) is 12.1 Å². The number of aryl methyl sites for hydroxylation is 1. The zero-order chi connectivity index (χ0) is 15.4. The van der Waals surface area contributed by atoms with Crippen molar-refractivity contribution in [1.82, 2.24) is 14.5 Å². The Kier molecular flexibility index (Phi) is 4.73. The second-order valence-corrected chi connectivity index (χ2v) is 6.01. The van der Waals surface area contributed by atoms with Gasteiger partial charge in [-0.15, -0.1) is 0 Å². The number of hydrogen-bond acceptors (Lipinski definition) is 3. The van der Waals surface area contributed by atoms with Gasteiger partial charge in [0.1, 0.15) is 11.6 Å². The Labute approximate surface area is 130 Å². The lowest BCUT2D eigenvalue weighted by Crippen LogP contribution is -2.37. The van der Waals surface area contributed by atoms with Gasteiger partial charge in [-0.1, -0.05) is 6.07 Å². The van der Waals surface area contributed by atoms with Crippen LogP contribution in [0.2, 0.25) is 0 Å². The predicted octanol–water partition coefficient (Wildman–Crippen LogP) is 2.85. The Morgan fingerprint density at radius 2 is 2.32 bits per heavy atom. The molecule has 0 unspecified atom stereocenters. The molecule has 2 heterocycles. The Hall–Kier alpha value is -1.88. The standard InChI is InChI=1S/C17H22FN3O/c1-20-13-19-9-16(20)11-21-7-3-4-14(10-21)12-22-17-6-2-5-15(18)8-17/h2,5-6,8-9,13-14H,3-4,7,10-12H2,1H3/t14-/m0/s1. The Morgan fingerprint density at radius 3 is 3.09 bits per heavy atom. The fraction of sp³-hybridized carbons (Fsp3) is 0.471. The van der Waals surface area contributed by atoms with Crippen LogP contribution in [0.3, 0.4) is 0 Å². The summed E-state index contributed by atoms with van der Waals surface area (Å²) in [6.45, 7) is 3.69. The minimum Gasteiger partial charge on any atom is -0.493 e. The summed E-state index contributed by atoms with van der Waals surface area (Å²) in [7, 11) is 2.02. The fourth-order valence-electron chi connectivity index (χ4n) is 2.97. The molecular weight excluding hydrogens is 281 g/mol. The summed E-state index contributed by atoms with van der Waals surface area (Å²) in [4.78, 5) is 6.61. The van der Waals surface area contributed by atoms with Gasteiger partial charge in [0, 0.05) is 38.3 Å². The first-order chi connectivity index (χ1) is 10.7. The molecule has 1 aromatic carbocycles. The summed E-state index contributed by atoms with van der Waals surface area (Å²) < 4.78 is 21.0. The van der Waals surface area contributed by atoms with Crippen LogP contribution in [0.4, 0.5) is 4.39 Å². The molecule has 4 nitrogen and oxygen atoms in total. The number of aromatic nitrogens is 2. The first-order valence-corrected chi connectivity index (χ1v) is 7.76. The van der Waals surface area contributed by atoms with Crippen molar-refractivity contribution in [2.24, 2.45) is 13.0 Å². The second-order valence-electron chi connectivity index (χ2n) is 6.01. The maximum absolute atomic E-state index is 13.1. The van der Waals surface area contributed by atoms with E-state index in [0.717, 1.165) is 26.1 Å². The van der Waals surface area contributed by atoms with E-state index in [0.29, 0.717) is 18.3 Å². The minimum absolute atomic E-state index is 0.251. The van der Waals surface area contributed by atoms with Crippen molar-refractivity contribution in [3.63, 3.8) is 0 Å². The molecule has 0 saturated carbocycles. The van der Waals surface area contributed by atoms with E-state index in [4.69, 9.17) is 4.74 Å². The van der Waals surface area contributed by atoms with E-state index in [1.165, 1.54) is 24.2 Å². The van der Waals surface area contributed by atoms with Crippen LogP contribution in [-0.4, -0.2) is 34.1 Å². The first-order valence-electron chi connectivity index (χ1n) is 7.76. The molecule has 1 aliphatic heterocycles. The monoisotopic (exact) mass is 303 g/mol. The molecule has 1 aromatic heterocycles. The summed E-state index contributed by atoms with van der Waals surface area (Å²) in [5.74, 6) is 0.855. The van der Waals surface area contributed by atoms with Gasteiger partial charge in [0.15, 0.2) is 0 Å². The number of hydrogen-bond donors (Lipinski definition) is 0. The van der Waals surface area contributed by atoms with Crippen LogP contribution >= 0.6 is 0 Å². The lowest BCUT2D eigenvalue weighted by atomic mass is 9.99. The summed E-state index contributed by atoms with van der Waals surface area (Å²) in [6, 6.07) is 6.36. The van der Waals surface area contributed by atoms with Gasteiger partial charge in [0.25, 0.3) is 0 Å². The smallest absolute Gasteiger partial charge is 0.126 e. The number of ether oxygens (including phenoxy) is 1. The van der Waals surface area contributed by atoms with Gasteiger partial charge in [-0.05, 0) is 31.5 Å². The molecule has 3 rings (SSSR count).